The van der Waals surface area contributed by atoms with Gasteiger partial charge in [-0.15, -0.1) is 0 Å². The van der Waals surface area contributed by atoms with Crippen molar-refractivity contribution in [2.75, 3.05) is 19.5 Å². The zero-order valence-corrected chi connectivity index (χ0v) is 17.2. The summed E-state index contributed by atoms with van der Waals surface area (Å²) in [6.45, 7) is 0.951. The van der Waals surface area contributed by atoms with Gasteiger partial charge < -0.3 is 19.5 Å². The maximum atomic E-state index is 6.46. The third-order valence-corrected chi connectivity index (χ3v) is 4.82. The first-order chi connectivity index (χ1) is 13.6. The Labute approximate surface area is 175 Å². The summed E-state index contributed by atoms with van der Waals surface area (Å²) in [6, 6.07) is 18.9. The lowest BCUT2D eigenvalue weighted by atomic mass is 10.2. The van der Waals surface area contributed by atoms with Crippen molar-refractivity contribution in [1.29, 1.82) is 0 Å². The highest BCUT2D eigenvalue weighted by Crippen LogP contribution is 2.34. The highest BCUT2D eigenvalue weighted by atomic mass is 35.5. The quantitative estimate of drug-likeness (QED) is 0.473. The molecule has 0 heterocycles. The minimum Gasteiger partial charge on any atom is -0.497 e. The highest BCUT2D eigenvalue weighted by Gasteiger charge is 2.11. The Balaban J connectivity index is 1.68. The van der Waals surface area contributed by atoms with Crippen molar-refractivity contribution in [3.63, 3.8) is 0 Å². The summed E-state index contributed by atoms with van der Waals surface area (Å²) >= 11 is 12.4. The number of ether oxygens (including phenoxy) is 3. The molecule has 0 fully saturated rings. The number of benzene rings is 3. The van der Waals surface area contributed by atoms with E-state index in [0.29, 0.717) is 34.7 Å². The van der Waals surface area contributed by atoms with E-state index in [1.54, 1.807) is 20.3 Å². The summed E-state index contributed by atoms with van der Waals surface area (Å²) in [7, 11) is 3.25. The molecule has 146 valence electrons. The van der Waals surface area contributed by atoms with Gasteiger partial charge in [0.2, 0.25) is 0 Å². The van der Waals surface area contributed by atoms with Gasteiger partial charge >= 0.3 is 0 Å². The Morgan fingerprint density at radius 1 is 0.821 bits per heavy atom. The Morgan fingerprint density at radius 2 is 1.54 bits per heavy atom. The van der Waals surface area contributed by atoms with E-state index >= 15 is 0 Å². The van der Waals surface area contributed by atoms with Crippen LogP contribution >= 0.6 is 23.2 Å². The van der Waals surface area contributed by atoms with Crippen LogP contribution in [0.25, 0.3) is 0 Å². The molecule has 0 aromatic heterocycles. The van der Waals surface area contributed by atoms with Crippen molar-refractivity contribution in [2.45, 2.75) is 13.2 Å². The minimum absolute atomic E-state index is 0.396. The topological polar surface area (TPSA) is 39.7 Å². The smallest absolute Gasteiger partial charge is 0.163 e. The molecular weight excluding hydrogens is 397 g/mol. The van der Waals surface area contributed by atoms with E-state index in [-0.39, 0.29) is 0 Å². The second-order valence-electron chi connectivity index (χ2n) is 6.09. The van der Waals surface area contributed by atoms with Crippen molar-refractivity contribution in [3.05, 3.63) is 81.8 Å². The first kappa shape index (κ1) is 20.2. The number of hydrogen-bond acceptors (Lipinski definition) is 4. The first-order valence-corrected chi connectivity index (χ1v) is 9.46. The molecule has 0 amide bonds. The molecule has 3 aromatic carbocycles. The number of anilines is 1. The Hall–Kier alpha value is -2.56. The van der Waals surface area contributed by atoms with Gasteiger partial charge in [0.15, 0.2) is 11.5 Å². The standard InChI is InChI=1S/C22H21Cl2NO3/c1-26-19-9-7-18(8-10-19)25-13-16-11-21(27-2)22(12-20(16)24)28-14-15-3-5-17(23)6-4-15/h3-12,25H,13-14H2,1-2H3. The van der Waals surface area contributed by atoms with Crippen LogP contribution in [-0.4, -0.2) is 14.2 Å². The van der Waals surface area contributed by atoms with E-state index in [2.05, 4.69) is 5.32 Å². The Morgan fingerprint density at radius 3 is 2.18 bits per heavy atom. The summed E-state index contributed by atoms with van der Waals surface area (Å²) in [4.78, 5) is 0. The second kappa shape index (κ2) is 9.58. The fraction of sp³-hybridized carbons (Fsp3) is 0.182. The SMILES string of the molecule is COc1ccc(NCc2cc(OC)c(OCc3ccc(Cl)cc3)cc2Cl)cc1. The first-order valence-electron chi connectivity index (χ1n) is 8.70. The van der Waals surface area contributed by atoms with Crippen molar-refractivity contribution in [2.24, 2.45) is 0 Å². The summed E-state index contributed by atoms with van der Waals surface area (Å²) in [5.74, 6) is 2.04. The normalized spacial score (nSPS) is 10.4. The van der Waals surface area contributed by atoms with Crippen LogP contribution in [0.4, 0.5) is 5.69 Å². The van der Waals surface area contributed by atoms with Gasteiger partial charge in [-0.05, 0) is 53.6 Å². The number of halogens is 2. The fourth-order valence-electron chi connectivity index (χ4n) is 2.63. The molecule has 3 rings (SSSR count). The Bertz CT molecular complexity index is 912. The molecule has 0 spiro atoms. The lowest BCUT2D eigenvalue weighted by Crippen LogP contribution is -2.03. The van der Waals surface area contributed by atoms with Crippen molar-refractivity contribution in [1.82, 2.24) is 0 Å². The van der Waals surface area contributed by atoms with Crippen LogP contribution in [0.1, 0.15) is 11.1 Å². The van der Waals surface area contributed by atoms with E-state index < -0.39 is 0 Å². The van der Waals surface area contributed by atoms with Gasteiger partial charge in [-0.2, -0.15) is 0 Å². The number of rotatable bonds is 8. The van der Waals surface area contributed by atoms with Gasteiger partial charge in [-0.25, -0.2) is 0 Å². The van der Waals surface area contributed by atoms with Crippen LogP contribution in [0, 0.1) is 0 Å². The lowest BCUT2D eigenvalue weighted by molar-refractivity contribution is 0.284. The molecule has 6 heteroatoms. The van der Waals surface area contributed by atoms with Gasteiger partial charge in [-0.1, -0.05) is 35.3 Å². The van der Waals surface area contributed by atoms with Crippen LogP contribution in [0.3, 0.4) is 0 Å². The predicted molar refractivity (Wildman–Crippen MR) is 114 cm³/mol. The van der Waals surface area contributed by atoms with Gasteiger partial charge in [0, 0.05) is 28.3 Å². The van der Waals surface area contributed by atoms with E-state index in [1.807, 2.05) is 54.6 Å². The van der Waals surface area contributed by atoms with Crippen LogP contribution in [0.15, 0.2) is 60.7 Å². The highest BCUT2D eigenvalue weighted by molar-refractivity contribution is 6.31. The number of nitrogens with one attached hydrogen (secondary N) is 1. The molecule has 28 heavy (non-hydrogen) atoms. The molecule has 0 aliphatic carbocycles. The summed E-state index contributed by atoms with van der Waals surface area (Å²) in [6.07, 6.45) is 0. The predicted octanol–water partition coefficient (Wildman–Crippen LogP) is 6.20. The molecule has 0 bridgehead atoms. The van der Waals surface area contributed by atoms with Crippen LogP contribution in [0.5, 0.6) is 17.2 Å². The molecule has 0 atom stereocenters. The maximum absolute atomic E-state index is 6.46. The number of methoxy groups -OCH3 is 2. The van der Waals surface area contributed by atoms with Crippen molar-refractivity contribution < 1.29 is 14.2 Å². The third-order valence-electron chi connectivity index (χ3n) is 4.21. The van der Waals surface area contributed by atoms with E-state index in [1.165, 1.54) is 0 Å². The molecule has 0 saturated carbocycles. The zero-order valence-electron chi connectivity index (χ0n) is 15.7. The maximum Gasteiger partial charge on any atom is 0.163 e. The van der Waals surface area contributed by atoms with Crippen LogP contribution in [-0.2, 0) is 13.2 Å². The van der Waals surface area contributed by atoms with Gasteiger partial charge in [0.05, 0.1) is 14.2 Å². The Kier molecular flexibility index (Phi) is 6.90. The van der Waals surface area contributed by atoms with Gasteiger partial charge in [0.1, 0.15) is 12.4 Å². The molecule has 0 unspecified atom stereocenters. The molecule has 0 aliphatic heterocycles. The molecular formula is C22H21Cl2NO3. The average Bonchev–Trinajstić information content (AvgIpc) is 2.73. The molecule has 0 saturated heterocycles. The van der Waals surface area contributed by atoms with E-state index in [4.69, 9.17) is 37.4 Å². The van der Waals surface area contributed by atoms with Crippen molar-refractivity contribution >= 4 is 28.9 Å². The largest absolute Gasteiger partial charge is 0.497 e. The molecule has 3 aromatic rings. The summed E-state index contributed by atoms with van der Waals surface area (Å²) in [5.41, 5.74) is 2.89. The molecule has 0 radical (unpaired) electrons. The molecule has 0 aliphatic rings. The van der Waals surface area contributed by atoms with Gasteiger partial charge in [0.25, 0.3) is 0 Å². The zero-order chi connectivity index (χ0) is 19.9. The summed E-state index contributed by atoms with van der Waals surface area (Å²) < 4.78 is 16.5. The fourth-order valence-corrected chi connectivity index (χ4v) is 2.98. The third kappa shape index (κ3) is 5.24. The summed E-state index contributed by atoms with van der Waals surface area (Å²) in [5, 5.41) is 4.64. The van der Waals surface area contributed by atoms with E-state index in [0.717, 1.165) is 22.6 Å². The second-order valence-corrected chi connectivity index (χ2v) is 6.94. The molecule has 4 nitrogen and oxygen atoms in total. The van der Waals surface area contributed by atoms with E-state index in [9.17, 15) is 0 Å². The lowest BCUT2D eigenvalue weighted by Gasteiger charge is -2.15. The van der Waals surface area contributed by atoms with Crippen LogP contribution < -0.4 is 19.5 Å². The monoisotopic (exact) mass is 417 g/mol. The minimum atomic E-state index is 0.396. The molecule has 1 N–H and O–H groups in total. The van der Waals surface area contributed by atoms with Gasteiger partial charge in [-0.3, -0.25) is 0 Å². The average molecular weight is 418 g/mol. The van der Waals surface area contributed by atoms with Crippen LogP contribution in [0.2, 0.25) is 10.0 Å². The number of hydrogen-bond donors (Lipinski definition) is 1. The van der Waals surface area contributed by atoms with Crippen molar-refractivity contribution in [3.8, 4) is 17.2 Å².